The molecule has 2 aromatic heterocycles. The number of thiazole rings is 1. The highest BCUT2D eigenvalue weighted by atomic mass is 32.1. The highest BCUT2D eigenvalue weighted by Gasteiger charge is 2.03. The van der Waals surface area contributed by atoms with Gasteiger partial charge < -0.3 is 4.90 Å². The Labute approximate surface area is 106 Å². The number of hydrogen-bond acceptors (Lipinski definition) is 4. The third kappa shape index (κ3) is 3.91. The molecule has 0 N–H and O–H groups in total. The fraction of sp³-hybridized carbons (Fsp3) is 0.385. The van der Waals surface area contributed by atoms with E-state index >= 15 is 0 Å². The van der Waals surface area contributed by atoms with Crippen LogP contribution in [0.3, 0.4) is 0 Å². The van der Waals surface area contributed by atoms with Crippen LogP contribution in [0.2, 0.25) is 0 Å². The molecule has 4 heteroatoms. The van der Waals surface area contributed by atoms with Crippen LogP contribution in [0.15, 0.2) is 30.7 Å². The zero-order valence-corrected chi connectivity index (χ0v) is 11.1. The highest BCUT2D eigenvalue weighted by Crippen LogP contribution is 2.13. The molecule has 3 nitrogen and oxygen atoms in total. The minimum Gasteiger partial charge on any atom is -0.301 e. The number of aryl methyl sites for hydroxylation is 1. The molecule has 90 valence electrons. The number of aromatic nitrogens is 2. The standard InChI is InChI=1S/C13H17N3S/c1-11-15-9-13(17-11)10-16(2)8-5-12-3-6-14-7-4-12/h3-4,6-7,9H,5,8,10H2,1-2H3. The Hall–Kier alpha value is -1.26. The van der Waals surface area contributed by atoms with E-state index in [0.29, 0.717) is 0 Å². The average Bonchev–Trinajstić information content (AvgIpc) is 2.73. The van der Waals surface area contributed by atoms with Gasteiger partial charge in [0, 0.05) is 36.6 Å². The van der Waals surface area contributed by atoms with E-state index < -0.39 is 0 Å². The predicted octanol–water partition coefficient (Wildman–Crippen LogP) is 2.52. The van der Waals surface area contributed by atoms with E-state index in [1.54, 1.807) is 11.3 Å². The normalized spacial score (nSPS) is 11.0. The first-order chi connectivity index (χ1) is 8.24. The molecule has 0 radical (unpaired) electrons. The summed E-state index contributed by atoms with van der Waals surface area (Å²) in [6.07, 6.45) is 6.74. The maximum atomic E-state index is 4.27. The third-order valence-corrected chi connectivity index (χ3v) is 3.52. The molecule has 2 rings (SSSR count). The van der Waals surface area contributed by atoms with Crippen molar-refractivity contribution < 1.29 is 0 Å². The monoisotopic (exact) mass is 247 g/mol. The smallest absolute Gasteiger partial charge is 0.0897 e. The van der Waals surface area contributed by atoms with E-state index in [-0.39, 0.29) is 0 Å². The first-order valence-electron chi connectivity index (χ1n) is 5.73. The molecule has 0 spiro atoms. The highest BCUT2D eigenvalue weighted by molar-refractivity contribution is 7.11. The minimum absolute atomic E-state index is 0.983. The van der Waals surface area contributed by atoms with Gasteiger partial charge in [-0.15, -0.1) is 11.3 Å². The van der Waals surface area contributed by atoms with Gasteiger partial charge in [0.2, 0.25) is 0 Å². The lowest BCUT2D eigenvalue weighted by molar-refractivity contribution is 0.334. The molecule has 0 bridgehead atoms. The fourth-order valence-corrected chi connectivity index (χ4v) is 2.57. The third-order valence-electron chi connectivity index (χ3n) is 2.63. The molecule has 0 unspecified atom stereocenters. The summed E-state index contributed by atoms with van der Waals surface area (Å²) in [7, 11) is 2.15. The van der Waals surface area contributed by atoms with Gasteiger partial charge in [-0.05, 0) is 38.1 Å². The lowest BCUT2D eigenvalue weighted by Gasteiger charge is -2.14. The topological polar surface area (TPSA) is 29.0 Å². The summed E-state index contributed by atoms with van der Waals surface area (Å²) in [5.41, 5.74) is 1.34. The van der Waals surface area contributed by atoms with E-state index in [1.807, 2.05) is 25.5 Å². The Morgan fingerprint density at radius 2 is 2.06 bits per heavy atom. The quantitative estimate of drug-likeness (QED) is 0.813. The lowest BCUT2D eigenvalue weighted by Crippen LogP contribution is -2.20. The summed E-state index contributed by atoms with van der Waals surface area (Å²) >= 11 is 1.77. The van der Waals surface area contributed by atoms with Crippen LogP contribution in [-0.4, -0.2) is 28.5 Å². The van der Waals surface area contributed by atoms with Crippen LogP contribution in [0.25, 0.3) is 0 Å². The molecule has 0 fully saturated rings. The summed E-state index contributed by atoms with van der Waals surface area (Å²) < 4.78 is 0. The molecule has 17 heavy (non-hydrogen) atoms. The van der Waals surface area contributed by atoms with E-state index in [4.69, 9.17) is 0 Å². The fourth-order valence-electron chi connectivity index (χ4n) is 1.69. The van der Waals surface area contributed by atoms with Crippen LogP contribution in [0.1, 0.15) is 15.4 Å². The van der Waals surface area contributed by atoms with Gasteiger partial charge in [0.15, 0.2) is 0 Å². The Kier molecular flexibility index (Phi) is 4.23. The van der Waals surface area contributed by atoms with E-state index in [2.05, 4.69) is 34.0 Å². The van der Waals surface area contributed by atoms with Gasteiger partial charge in [-0.25, -0.2) is 4.98 Å². The maximum absolute atomic E-state index is 4.27. The van der Waals surface area contributed by atoms with Crippen molar-refractivity contribution in [3.63, 3.8) is 0 Å². The Morgan fingerprint density at radius 1 is 1.29 bits per heavy atom. The number of rotatable bonds is 5. The van der Waals surface area contributed by atoms with Crippen molar-refractivity contribution in [3.05, 3.63) is 46.2 Å². The molecule has 0 atom stereocenters. The Morgan fingerprint density at radius 3 is 2.71 bits per heavy atom. The second-order valence-corrected chi connectivity index (χ2v) is 5.51. The Balaban J connectivity index is 1.80. The van der Waals surface area contributed by atoms with Crippen molar-refractivity contribution in [1.82, 2.24) is 14.9 Å². The lowest BCUT2D eigenvalue weighted by atomic mass is 10.2. The molecule has 2 aromatic rings. The zero-order chi connectivity index (χ0) is 12.1. The molecule has 0 saturated heterocycles. The van der Waals surface area contributed by atoms with Gasteiger partial charge in [0.25, 0.3) is 0 Å². The van der Waals surface area contributed by atoms with Crippen LogP contribution in [0.5, 0.6) is 0 Å². The zero-order valence-electron chi connectivity index (χ0n) is 10.3. The van der Waals surface area contributed by atoms with Crippen molar-refractivity contribution >= 4 is 11.3 Å². The van der Waals surface area contributed by atoms with E-state index in [0.717, 1.165) is 24.5 Å². The Bertz CT molecular complexity index is 453. The summed E-state index contributed by atoms with van der Waals surface area (Å²) in [6, 6.07) is 4.15. The first-order valence-corrected chi connectivity index (χ1v) is 6.54. The summed E-state index contributed by atoms with van der Waals surface area (Å²) in [4.78, 5) is 12.0. The number of hydrogen-bond donors (Lipinski definition) is 0. The molecule has 0 aliphatic heterocycles. The summed E-state index contributed by atoms with van der Waals surface area (Å²) in [5.74, 6) is 0. The average molecular weight is 247 g/mol. The molecule has 0 aliphatic rings. The predicted molar refractivity (Wildman–Crippen MR) is 71.1 cm³/mol. The maximum Gasteiger partial charge on any atom is 0.0897 e. The number of nitrogens with zero attached hydrogens (tertiary/aromatic N) is 3. The minimum atomic E-state index is 0.983. The van der Waals surface area contributed by atoms with Gasteiger partial charge in [-0.3, -0.25) is 4.98 Å². The van der Waals surface area contributed by atoms with Crippen molar-refractivity contribution in [3.8, 4) is 0 Å². The second kappa shape index (κ2) is 5.89. The van der Waals surface area contributed by atoms with Crippen LogP contribution in [0, 0.1) is 6.92 Å². The molecular formula is C13H17N3S. The van der Waals surface area contributed by atoms with Crippen LogP contribution in [-0.2, 0) is 13.0 Å². The van der Waals surface area contributed by atoms with E-state index in [9.17, 15) is 0 Å². The molecule has 0 amide bonds. The summed E-state index contributed by atoms with van der Waals surface area (Å²) in [5, 5.41) is 1.14. The van der Waals surface area contributed by atoms with Gasteiger partial charge in [0.1, 0.15) is 0 Å². The van der Waals surface area contributed by atoms with E-state index in [1.165, 1.54) is 10.4 Å². The largest absolute Gasteiger partial charge is 0.301 e. The first kappa shape index (κ1) is 12.2. The van der Waals surface area contributed by atoms with Crippen LogP contribution in [0.4, 0.5) is 0 Å². The van der Waals surface area contributed by atoms with Gasteiger partial charge in [-0.2, -0.15) is 0 Å². The van der Waals surface area contributed by atoms with Gasteiger partial charge in [0.05, 0.1) is 5.01 Å². The van der Waals surface area contributed by atoms with Crippen LogP contribution < -0.4 is 0 Å². The number of pyridine rings is 1. The van der Waals surface area contributed by atoms with Crippen molar-refractivity contribution in [1.29, 1.82) is 0 Å². The molecule has 0 aliphatic carbocycles. The number of likely N-dealkylation sites (N-methyl/N-ethyl adjacent to an activating group) is 1. The van der Waals surface area contributed by atoms with Gasteiger partial charge >= 0.3 is 0 Å². The van der Waals surface area contributed by atoms with Crippen molar-refractivity contribution in [2.24, 2.45) is 0 Å². The SMILES string of the molecule is Cc1ncc(CN(C)CCc2ccncc2)s1. The molecule has 0 aromatic carbocycles. The molecule has 2 heterocycles. The van der Waals surface area contributed by atoms with Crippen LogP contribution >= 0.6 is 11.3 Å². The summed E-state index contributed by atoms with van der Waals surface area (Å²) in [6.45, 7) is 4.09. The molecule has 0 saturated carbocycles. The van der Waals surface area contributed by atoms with Crippen molar-refractivity contribution in [2.45, 2.75) is 19.9 Å². The second-order valence-electron chi connectivity index (χ2n) is 4.19. The van der Waals surface area contributed by atoms with Crippen molar-refractivity contribution in [2.75, 3.05) is 13.6 Å². The van der Waals surface area contributed by atoms with Gasteiger partial charge in [-0.1, -0.05) is 0 Å². The molecular weight excluding hydrogens is 230 g/mol.